The van der Waals surface area contributed by atoms with Crippen LogP contribution in [0.1, 0.15) is 23.6 Å². The van der Waals surface area contributed by atoms with E-state index in [4.69, 9.17) is 10.00 Å². The summed E-state index contributed by atoms with van der Waals surface area (Å²) in [6.07, 6.45) is 0.966. The Balaban J connectivity index is 1.54. The summed E-state index contributed by atoms with van der Waals surface area (Å²) in [7, 11) is 1.62. The van der Waals surface area contributed by atoms with E-state index in [0.717, 1.165) is 30.8 Å². The van der Waals surface area contributed by atoms with Crippen LogP contribution < -0.4 is 9.64 Å². The number of hydrogen-bond donors (Lipinski definition) is 0. The number of rotatable bonds is 3. The monoisotopic (exact) mass is 388 g/mol. The molecule has 0 aliphatic carbocycles. The van der Waals surface area contributed by atoms with Crippen molar-refractivity contribution in [2.24, 2.45) is 5.92 Å². The molecule has 7 heteroatoms. The number of fused-ring (bicyclic) bond motifs is 3. The quantitative estimate of drug-likeness (QED) is 0.750. The largest absolute Gasteiger partial charge is 0.497 e. The van der Waals surface area contributed by atoms with E-state index >= 15 is 0 Å². The zero-order chi connectivity index (χ0) is 20.1. The van der Waals surface area contributed by atoms with Gasteiger partial charge in [0.1, 0.15) is 11.8 Å². The summed E-state index contributed by atoms with van der Waals surface area (Å²) < 4.78 is 5.26. The number of ether oxygens (including phenoxy) is 1. The lowest BCUT2D eigenvalue weighted by Gasteiger charge is -2.29. The average Bonchev–Trinajstić information content (AvgIpc) is 3.40. The SMILES string of the molecule is COc1ccc([C@@H]2[C@@H]3C(=O)N(c4ccc(C#N)cc4)C(=O)[C@H]3N3CCCN23)cc1. The molecule has 5 rings (SSSR count). The minimum Gasteiger partial charge on any atom is -0.497 e. The highest BCUT2D eigenvalue weighted by atomic mass is 16.5. The summed E-state index contributed by atoms with van der Waals surface area (Å²) in [5.41, 5.74) is 2.02. The molecule has 3 fully saturated rings. The highest BCUT2D eigenvalue weighted by Gasteiger charge is 2.62. The number of carbonyl (C=O) groups excluding carboxylic acids is 2. The van der Waals surface area contributed by atoms with Gasteiger partial charge in [0.05, 0.1) is 36.4 Å². The molecule has 0 bridgehead atoms. The zero-order valence-electron chi connectivity index (χ0n) is 16.0. The molecule has 3 aliphatic rings. The van der Waals surface area contributed by atoms with Gasteiger partial charge in [0.2, 0.25) is 5.91 Å². The number of amides is 2. The van der Waals surface area contributed by atoms with Crippen LogP contribution in [-0.2, 0) is 9.59 Å². The van der Waals surface area contributed by atoms with E-state index in [9.17, 15) is 9.59 Å². The standard InChI is InChI=1S/C22H20N4O3/c1-29-17-9-5-15(6-10-17)19-18-20(25-12-2-11-24(19)25)22(28)26(21(18)27)16-7-3-14(13-23)4-8-16/h3-10,18-20H,2,11-12H2,1H3/t18-,19+,20-/m0/s1. The molecule has 0 radical (unpaired) electrons. The summed E-state index contributed by atoms with van der Waals surface area (Å²) >= 11 is 0. The normalized spacial score (nSPS) is 26.5. The maximum absolute atomic E-state index is 13.5. The Hall–Kier alpha value is -3.21. The van der Waals surface area contributed by atoms with E-state index in [1.807, 2.05) is 24.3 Å². The topological polar surface area (TPSA) is 76.9 Å². The van der Waals surface area contributed by atoms with Crippen molar-refractivity contribution in [1.82, 2.24) is 10.0 Å². The van der Waals surface area contributed by atoms with E-state index in [-0.39, 0.29) is 17.9 Å². The Morgan fingerprint density at radius 3 is 2.21 bits per heavy atom. The third kappa shape index (κ3) is 2.57. The molecule has 2 aromatic rings. The van der Waals surface area contributed by atoms with Gasteiger partial charge in [-0.05, 0) is 48.4 Å². The minimum atomic E-state index is -0.479. The second-order valence-electron chi connectivity index (χ2n) is 7.54. The maximum Gasteiger partial charge on any atom is 0.253 e. The van der Waals surface area contributed by atoms with E-state index in [2.05, 4.69) is 16.1 Å². The van der Waals surface area contributed by atoms with Crippen LogP contribution in [0.3, 0.4) is 0 Å². The number of methoxy groups -OCH3 is 1. The van der Waals surface area contributed by atoms with Gasteiger partial charge in [0, 0.05) is 13.1 Å². The molecule has 7 nitrogen and oxygen atoms in total. The van der Waals surface area contributed by atoms with Gasteiger partial charge >= 0.3 is 0 Å². The number of benzene rings is 2. The van der Waals surface area contributed by atoms with E-state index in [1.165, 1.54) is 4.90 Å². The molecular weight excluding hydrogens is 368 g/mol. The van der Waals surface area contributed by atoms with E-state index in [0.29, 0.717) is 11.3 Å². The zero-order valence-corrected chi connectivity index (χ0v) is 16.0. The number of hydrogen-bond acceptors (Lipinski definition) is 6. The third-order valence-corrected chi connectivity index (χ3v) is 6.12. The molecule has 0 saturated carbocycles. The van der Waals surface area contributed by atoms with Crippen LogP contribution in [0.15, 0.2) is 48.5 Å². The van der Waals surface area contributed by atoms with Crippen molar-refractivity contribution in [2.75, 3.05) is 25.1 Å². The Morgan fingerprint density at radius 2 is 1.59 bits per heavy atom. The summed E-state index contributed by atoms with van der Waals surface area (Å²) in [6.45, 7) is 1.61. The van der Waals surface area contributed by atoms with Crippen molar-refractivity contribution in [3.8, 4) is 11.8 Å². The molecule has 3 aliphatic heterocycles. The molecule has 2 amide bonds. The van der Waals surface area contributed by atoms with Crippen LogP contribution in [0.5, 0.6) is 5.75 Å². The highest BCUT2D eigenvalue weighted by molar-refractivity contribution is 6.24. The number of carbonyl (C=O) groups is 2. The highest BCUT2D eigenvalue weighted by Crippen LogP contribution is 2.49. The smallest absolute Gasteiger partial charge is 0.253 e. The molecule has 0 unspecified atom stereocenters. The lowest BCUT2D eigenvalue weighted by Crippen LogP contribution is -2.44. The molecule has 146 valence electrons. The molecule has 29 heavy (non-hydrogen) atoms. The van der Waals surface area contributed by atoms with Crippen LogP contribution >= 0.6 is 0 Å². The van der Waals surface area contributed by atoms with Gasteiger partial charge in [0.15, 0.2) is 0 Å². The van der Waals surface area contributed by atoms with Gasteiger partial charge in [-0.3, -0.25) is 9.59 Å². The fourth-order valence-corrected chi connectivity index (χ4v) is 4.85. The van der Waals surface area contributed by atoms with Crippen LogP contribution in [0.4, 0.5) is 5.69 Å². The van der Waals surface area contributed by atoms with Crippen molar-refractivity contribution < 1.29 is 14.3 Å². The van der Waals surface area contributed by atoms with Crippen molar-refractivity contribution in [3.63, 3.8) is 0 Å². The van der Waals surface area contributed by atoms with Gasteiger partial charge < -0.3 is 4.74 Å². The Labute approximate surface area is 168 Å². The van der Waals surface area contributed by atoms with Gasteiger partial charge in [-0.1, -0.05) is 12.1 Å². The van der Waals surface area contributed by atoms with Gasteiger partial charge in [-0.2, -0.15) is 5.26 Å². The first-order chi connectivity index (χ1) is 14.1. The molecule has 3 atom stereocenters. The van der Waals surface area contributed by atoms with E-state index in [1.54, 1.807) is 31.4 Å². The third-order valence-electron chi connectivity index (χ3n) is 6.12. The molecule has 0 spiro atoms. The predicted molar refractivity (Wildman–Crippen MR) is 105 cm³/mol. The Kier molecular flexibility index (Phi) is 4.12. The second-order valence-corrected chi connectivity index (χ2v) is 7.54. The molecule has 3 saturated heterocycles. The number of anilines is 1. The van der Waals surface area contributed by atoms with Gasteiger partial charge in [-0.15, -0.1) is 0 Å². The first-order valence-corrected chi connectivity index (χ1v) is 9.69. The van der Waals surface area contributed by atoms with E-state index < -0.39 is 12.0 Å². The summed E-state index contributed by atoms with van der Waals surface area (Å²) in [6, 6.07) is 15.7. The van der Waals surface area contributed by atoms with Crippen molar-refractivity contribution in [3.05, 3.63) is 59.7 Å². The van der Waals surface area contributed by atoms with Gasteiger partial charge in [-0.25, -0.2) is 14.9 Å². The fourth-order valence-electron chi connectivity index (χ4n) is 4.85. The maximum atomic E-state index is 13.5. The van der Waals surface area contributed by atoms with Crippen molar-refractivity contribution >= 4 is 17.5 Å². The lowest BCUT2D eigenvalue weighted by molar-refractivity contribution is -0.126. The first-order valence-electron chi connectivity index (χ1n) is 9.69. The summed E-state index contributed by atoms with van der Waals surface area (Å²) in [4.78, 5) is 28.1. The predicted octanol–water partition coefficient (Wildman–Crippen LogP) is 2.10. The number of nitrogens with zero attached hydrogens (tertiary/aromatic N) is 4. The molecule has 0 aromatic heterocycles. The summed E-state index contributed by atoms with van der Waals surface area (Å²) in [5, 5.41) is 13.3. The Morgan fingerprint density at radius 1 is 0.931 bits per heavy atom. The molecule has 0 N–H and O–H groups in total. The number of nitriles is 1. The lowest BCUT2D eigenvalue weighted by atomic mass is 9.90. The van der Waals surface area contributed by atoms with Crippen molar-refractivity contribution in [2.45, 2.75) is 18.5 Å². The first kappa shape index (κ1) is 17.9. The molecule has 2 aromatic carbocycles. The van der Waals surface area contributed by atoms with Crippen LogP contribution in [0.2, 0.25) is 0 Å². The minimum absolute atomic E-state index is 0.173. The summed E-state index contributed by atoms with van der Waals surface area (Å²) in [5.74, 6) is -0.0611. The van der Waals surface area contributed by atoms with Crippen LogP contribution in [-0.4, -0.2) is 48.1 Å². The van der Waals surface area contributed by atoms with Crippen LogP contribution in [0, 0.1) is 17.2 Å². The Bertz CT molecular complexity index is 1010. The fraction of sp³-hybridized carbons (Fsp3) is 0.318. The van der Waals surface area contributed by atoms with Crippen LogP contribution in [0.25, 0.3) is 0 Å². The molecular formula is C22H20N4O3. The number of imide groups is 1. The van der Waals surface area contributed by atoms with Gasteiger partial charge in [0.25, 0.3) is 5.91 Å². The second kappa shape index (κ2) is 6.69. The van der Waals surface area contributed by atoms with Crippen molar-refractivity contribution in [1.29, 1.82) is 5.26 Å². The average molecular weight is 388 g/mol. The molecule has 3 heterocycles. The number of hydrazine groups is 1.